The average Bonchev–Trinajstić information content (AvgIpc) is 2.79. The standard InChI is InChI=1S/C13H22N2O4S/c1-9(2)8-14(5-6-19-4)13-11(15(17)18)7-12(20-13)10(3)16/h7,9-10,16H,5-6,8H2,1-4H3/t10-/m1/s1. The summed E-state index contributed by atoms with van der Waals surface area (Å²) in [7, 11) is 1.61. The van der Waals surface area contributed by atoms with Gasteiger partial charge in [0.2, 0.25) is 0 Å². The first-order valence-electron chi connectivity index (χ1n) is 6.56. The topological polar surface area (TPSA) is 75.8 Å². The van der Waals surface area contributed by atoms with Gasteiger partial charge in [-0.15, -0.1) is 11.3 Å². The van der Waals surface area contributed by atoms with Crippen molar-refractivity contribution in [3.63, 3.8) is 0 Å². The normalized spacial score (nSPS) is 12.7. The summed E-state index contributed by atoms with van der Waals surface area (Å²) >= 11 is 1.28. The molecule has 0 aliphatic rings. The fourth-order valence-corrected chi connectivity index (χ4v) is 2.97. The Bertz CT molecular complexity index is 446. The zero-order valence-electron chi connectivity index (χ0n) is 12.3. The second-order valence-corrected chi connectivity index (χ2v) is 6.17. The predicted molar refractivity (Wildman–Crippen MR) is 80.5 cm³/mol. The van der Waals surface area contributed by atoms with E-state index in [2.05, 4.69) is 13.8 Å². The summed E-state index contributed by atoms with van der Waals surface area (Å²) in [4.78, 5) is 13.4. The number of hydrogen-bond donors (Lipinski definition) is 1. The summed E-state index contributed by atoms with van der Waals surface area (Å²) in [5.74, 6) is 0.378. The van der Waals surface area contributed by atoms with Gasteiger partial charge in [0.15, 0.2) is 5.00 Å². The quantitative estimate of drug-likeness (QED) is 0.590. The molecule has 0 fully saturated rings. The number of aliphatic hydroxyl groups is 1. The molecule has 7 heteroatoms. The van der Waals surface area contributed by atoms with E-state index in [4.69, 9.17) is 4.74 Å². The molecule has 20 heavy (non-hydrogen) atoms. The molecule has 0 spiro atoms. The molecule has 0 radical (unpaired) electrons. The highest BCUT2D eigenvalue weighted by molar-refractivity contribution is 7.16. The smallest absolute Gasteiger partial charge is 0.304 e. The number of anilines is 1. The van der Waals surface area contributed by atoms with Crippen LogP contribution in [0.25, 0.3) is 0 Å². The number of hydrogen-bond acceptors (Lipinski definition) is 6. The zero-order valence-corrected chi connectivity index (χ0v) is 13.1. The first-order chi connectivity index (χ1) is 9.36. The molecule has 0 aromatic carbocycles. The Morgan fingerprint density at radius 2 is 2.15 bits per heavy atom. The van der Waals surface area contributed by atoms with Gasteiger partial charge in [-0.1, -0.05) is 13.8 Å². The van der Waals surface area contributed by atoms with Crippen LogP contribution in [-0.2, 0) is 4.74 Å². The molecule has 0 aliphatic carbocycles. The van der Waals surface area contributed by atoms with Gasteiger partial charge in [-0.25, -0.2) is 0 Å². The van der Waals surface area contributed by atoms with Gasteiger partial charge in [0.1, 0.15) is 0 Å². The van der Waals surface area contributed by atoms with Crippen LogP contribution >= 0.6 is 11.3 Å². The first kappa shape index (κ1) is 16.9. The van der Waals surface area contributed by atoms with E-state index < -0.39 is 11.0 Å². The molecule has 0 bridgehead atoms. The van der Waals surface area contributed by atoms with Crippen LogP contribution in [0, 0.1) is 16.0 Å². The molecular formula is C13H22N2O4S. The molecule has 114 valence electrons. The van der Waals surface area contributed by atoms with E-state index in [0.717, 1.165) is 0 Å². The van der Waals surface area contributed by atoms with Gasteiger partial charge in [-0.3, -0.25) is 10.1 Å². The van der Waals surface area contributed by atoms with Gasteiger partial charge >= 0.3 is 5.69 Å². The van der Waals surface area contributed by atoms with Gasteiger partial charge in [-0.05, 0) is 12.8 Å². The average molecular weight is 302 g/mol. The molecule has 0 aliphatic heterocycles. The monoisotopic (exact) mass is 302 g/mol. The van der Waals surface area contributed by atoms with Gasteiger partial charge in [-0.2, -0.15) is 0 Å². The highest BCUT2D eigenvalue weighted by Gasteiger charge is 2.25. The van der Waals surface area contributed by atoms with Crippen molar-refractivity contribution >= 4 is 22.0 Å². The molecule has 1 N–H and O–H groups in total. The molecule has 1 rings (SSSR count). The Labute approximate surface area is 123 Å². The van der Waals surface area contributed by atoms with Crippen LogP contribution in [-0.4, -0.2) is 36.8 Å². The zero-order chi connectivity index (χ0) is 15.3. The van der Waals surface area contributed by atoms with Crippen molar-refractivity contribution < 1.29 is 14.8 Å². The van der Waals surface area contributed by atoms with Crippen LogP contribution < -0.4 is 4.90 Å². The maximum absolute atomic E-state index is 11.2. The molecule has 0 unspecified atom stereocenters. The van der Waals surface area contributed by atoms with Crippen LogP contribution in [0.1, 0.15) is 31.8 Å². The summed E-state index contributed by atoms with van der Waals surface area (Å²) in [6.07, 6.45) is -0.698. The minimum Gasteiger partial charge on any atom is -0.388 e. The van der Waals surface area contributed by atoms with Crippen molar-refractivity contribution in [3.8, 4) is 0 Å². The van der Waals surface area contributed by atoms with Crippen LogP contribution in [0.4, 0.5) is 10.7 Å². The molecule has 0 amide bonds. The van der Waals surface area contributed by atoms with Crippen molar-refractivity contribution in [1.29, 1.82) is 0 Å². The van der Waals surface area contributed by atoms with Crippen LogP contribution in [0.15, 0.2) is 6.07 Å². The lowest BCUT2D eigenvalue weighted by atomic mass is 10.2. The van der Waals surface area contributed by atoms with Gasteiger partial charge in [0.05, 0.1) is 17.6 Å². The van der Waals surface area contributed by atoms with E-state index in [1.165, 1.54) is 17.4 Å². The first-order valence-corrected chi connectivity index (χ1v) is 7.38. The molecule has 0 saturated heterocycles. The summed E-state index contributed by atoms with van der Waals surface area (Å²) < 4.78 is 5.07. The number of nitro groups is 1. The van der Waals surface area contributed by atoms with Gasteiger partial charge in [0, 0.05) is 31.1 Å². The number of methoxy groups -OCH3 is 1. The predicted octanol–water partition coefficient (Wildman–Crippen LogP) is 2.82. The molecular weight excluding hydrogens is 280 g/mol. The maximum atomic E-state index is 11.2. The highest BCUT2D eigenvalue weighted by atomic mass is 32.1. The molecule has 0 saturated carbocycles. The molecule has 1 aromatic heterocycles. The summed E-state index contributed by atoms with van der Waals surface area (Å²) in [6, 6.07) is 1.46. The molecule has 1 atom stereocenters. The highest BCUT2D eigenvalue weighted by Crippen LogP contribution is 2.40. The Morgan fingerprint density at radius 1 is 1.50 bits per heavy atom. The fraction of sp³-hybridized carbons (Fsp3) is 0.692. The second-order valence-electron chi connectivity index (χ2n) is 5.10. The lowest BCUT2D eigenvalue weighted by Crippen LogP contribution is -2.30. The minimum atomic E-state index is -0.698. The van der Waals surface area contributed by atoms with E-state index in [9.17, 15) is 15.2 Å². The van der Waals surface area contributed by atoms with E-state index >= 15 is 0 Å². The van der Waals surface area contributed by atoms with Crippen LogP contribution in [0.3, 0.4) is 0 Å². The number of rotatable bonds is 8. The van der Waals surface area contributed by atoms with E-state index in [1.807, 2.05) is 4.90 Å². The third-order valence-corrected chi connectivity index (χ3v) is 4.11. The third-order valence-electron chi connectivity index (χ3n) is 2.76. The van der Waals surface area contributed by atoms with Crippen molar-refractivity contribution in [2.24, 2.45) is 5.92 Å². The van der Waals surface area contributed by atoms with E-state index in [-0.39, 0.29) is 5.69 Å². The second kappa shape index (κ2) is 7.56. The number of ether oxygens (including phenoxy) is 1. The fourth-order valence-electron chi connectivity index (χ4n) is 1.87. The van der Waals surface area contributed by atoms with Gasteiger partial charge < -0.3 is 14.7 Å². The van der Waals surface area contributed by atoms with E-state index in [1.54, 1.807) is 14.0 Å². The number of nitrogens with zero attached hydrogens (tertiary/aromatic N) is 2. The number of thiophene rings is 1. The molecule has 1 heterocycles. The Hall–Kier alpha value is -1.18. The number of aliphatic hydroxyl groups excluding tert-OH is 1. The van der Waals surface area contributed by atoms with Crippen molar-refractivity contribution in [2.45, 2.75) is 26.9 Å². The lowest BCUT2D eigenvalue weighted by Gasteiger charge is -2.24. The summed E-state index contributed by atoms with van der Waals surface area (Å²) in [5, 5.41) is 21.4. The van der Waals surface area contributed by atoms with E-state index in [0.29, 0.717) is 35.5 Å². The Balaban J connectivity index is 3.12. The van der Waals surface area contributed by atoms with Crippen molar-refractivity contribution in [1.82, 2.24) is 0 Å². The van der Waals surface area contributed by atoms with Crippen LogP contribution in [0.5, 0.6) is 0 Å². The lowest BCUT2D eigenvalue weighted by molar-refractivity contribution is -0.383. The summed E-state index contributed by atoms with van der Waals surface area (Å²) in [6.45, 7) is 7.55. The Kier molecular flexibility index (Phi) is 6.38. The minimum absolute atomic E-state index is 0.0580. The largest absolute Gasteiger partial charge is 0.388 e. The van der Waals surface area contributed by atoms with Crippen LogP contribution in [0.2, 0.25) is 0 Å². The third kappa shape index (κ3) is 4.43. The van der Waals surface area contributed by atoms with Crippen molar-refractivity contribution in [3.05, 3.63) is 21.1 Å². The SMILES string of the molecule is COCCN(CC(C)C)c1sc([C@@H](C)O)cc1[N+](=O)[O-]. The van der Waals surface area contributed by atoms with Crippen molar-refractivity contribution in [2.75, 3.05) is 31.7 Å². The Morgan fingerprint density at radius 3 is 2.60 bits per heavy atom. The molecule has 6 nitrogen and oxygen atoms in total. The summed E-state index contributed by atoms with van der Waals surface area (Å²) in [5.41, 5.74) is 0.0580. The van der Waals surface area contributed by atoms with Gasteiger partial charge in [0.25, 0.3) is 0 Å². The molecule has 1 aromatic rings. The maximum Gasteiger partial charge on any atom is 0.304 e.